The first-order valence-electron chi connectivity index (χ1n) is 3.74. The maximum atomic E-state index is 10.4. The fraction of sp³-hybridized carbons (Fsp3) is 0.571. The summed E-state index contributed by atoms with van der Waals surface area (Å²) in [6.07, 6.45) is 3.45. The predicted molar refractivity (Wildman–Crippen MR) is 38.7 cm³/mol. The van der Waals surface area contributed by atoms with E-state index < -0.39 is 6.09 Å². The molecule has 1 amide bonds. The zero-order valence-electron chi connectivity index (χ0n) is 6.08. The van der Waals surface area contributed by atoms with E-state index in [1.165, 1.54) is 17.9 Å². The van der Waals surface area contributed by atoms with Gasteiger partial charge in [0.1, 0.15) is 0 Å². The van der Waals surface area contributed by atoms with Gasteiger partial charge in [-0.2, -0.15) is 0 Å². The third kappa shape index (κ3) is 1.15. The minimum Gasteiger partial charge on any atom is -0.464 e. The Balaban J connectivity index is 1.94. The third-order valence-corrected chi connectivity index (χ3v) is 2.01. The number of amides is 1. The average molecular weight is 154 g/mol. The van der Waals surface area contributed by atoms with Crippen molar-refractivity contribution < 1.29 is 9.90 Å². The number of allylic oxidation sites excluding steroid dienone is 1. The van der Waals surface area contributed by atoms with Crippen LogP contribution < -0.4 is 5.43 Å². The molecule has 1 aliphatic heterocycles. The Bertz CT molecular complexity index is 220. The molecule has 0 aromatic heterocycles. The second-order valence-corrected chi connectivity index (χ2v) is 2.94. The van der Waals surface area contributed by atoms with Crippen molar-refractivity contribution in [2.45, 2.75) is 12.8 Å². The van der Waals surface area contributed by atoms with Crippen molar-refractivity contribution in [2.24, 2.45) is 5.92 Å². The van der Waals surface area contributed by atoms with E-state index in [4.69, 9.17) is 5.11 Å². The minimum absolute atomic E-state index is 0.487. The molecule has 2 aliphatic rings. The second kappa shape index (κ2) is 2.15. The highest BCUT2D eigenvalue weighted by Gasteiger charge is 2.30. The van der Waals surface area contributed by atoms with Crippen LogP contribution >= 0.6 is 0 Å². The van der Waals surface area contributed by atoms with E-state index in [1.807, 2.05) is 6.08 Å². The molecule has 2 N–H and O–H groups in total. The Morgan fingerprint density at radius 2 is 2.45 bits per heavy atom. The lowest BCUT2D eigenvalue weighted by molar-refractivity contribution is 0.139. The second-order valence-electron chi connectivity index (χ2n) is 2.94. The summed E-state index contributed by atoms with van der Waals surface area (Å²) < 4.78 is 0. The van der Waals surface area contributed by atoms with Crippen LogP contribution in [0.3, 0.4) is 0 Å². The van der Waals surface area contributed by atoms with E-state index in [0.29, 0.717) is 12.5 Å². The normalized spacial score (nSPS) is 22.9. The molecule has 0 atom stereocenters. The number of rotatable bonds is 1. The summed E-state index contributed by atoms with van der Waals surface area (Å²) in [4.78, 5) is 10.4. The molecule has 11 heavy (non-hydrogen) atoms. The van der Waals surface area contributed by atoms with Gasteiger partial charge in [0.05, 0.1) is 6.54 Å². The summed E-state index contributed by atoms with van der Waals surface area (Å²) >= 11 is 0. The molecule has 1 heterocycles. The van der Waals surface area contributed by atoms with Crippen LogP contribution in [0.1, 0.15) is 12.8 Å². The van der Waals surface area contributed by atoms with E-state index in [0.717, 1.165) is 5.70 Å². The van der Waals surface area contributed by atoms with Crippen LogP contribution in [0.4, 0.5) is 4.79 Å². The molecule has 0 radical (unpaired) electrons. The molecular weight excluding hydrogens is 144 g/mol. The molecule has 4 nitrogen and oxygen atoms in total. The van der Waals surface area contributed by atoms with Gasteiger partial charge in [0, 0.05) is 11.6 Å². The van der Waals surface area contributed by atoms with E-state index in [9.17, 15) is 4.79 Å². The average Bonchev–Trinajstić information content (AvgIpc) is 2.68. The van der Waals surface area contributed by atoms with Gasteiger partial charge in [-0.1, -0.05) is 0 Å². The molecular formula is C7H10N2O2. The van der Waals surface area contributed by atoms with Gasteiger partial charge in [0.25, 0.3) is 0 Å². The fourth-order valence-electron chi connectivity index (χ4n) is 1.21. The molecule has 0 bridgehead atoms. The van der Waals surface area contributed by atoms with Crippen molar-refractivity contribution in [2.75, 3.05) is 6.54 Å². The van der Waals surface area contributed by atoms with Gasteiger partial charge in [0.2, 0.25) is 0 Å². The van der Waals surface area contributed by atoms with Crippen molar-refractivity contribution >= 4 is 6.09 Å². The van der Waals surface area contributed by atoms with Crippen LogP contribution in [0.2, 0.25) is 0 Å². The lowest BCUT2D eigenvalue weighted by Gasteiger charge is -2.13. The Hall–Kier alpha value is -1.19. The van der Waals surface area contributed by atoms with E-state index in [-0.39, 0.29) is 0 Å². The highest BCUT2D eigenvalue weighted by Crippen LogP contribution is 2.36. The lowest BCUT2D eigenvalue weighted by Crippen LogP contribution is -2.36. The highest BCUT2D eigenvalue weighted by molar-refractivity contribution is 5.65. The van der Waals surface area contributed by atoms with E-state index in [1.54, 1.807) is 0 Å². The Kier molecular flexibility index (Phi) is 1.27. The van der Waals surface area contributed by atoms with Gasteiger partial charge < -0.3 is 5.11 Å². The first kappa shape index (κ1) is 6.52. The summed E-state index contributed by atoms with van der Waals surface area (Å²) in [5.41, 5.74) is 3.94. The first-order valence-corrected chi connectivity index (χ1v) is 3.74. The standard InChI is InChI=1S/C7H10N2O2/c10-7(11)9-4-3-6(8-9)5-1-2-5/h3,5,8H,1-2,4H2,(H,10,11). The van der Waals surface area contributed by atoms with Gasteiger partial charge in [-0.3, -0.25) is 5.43 Å². The molecule has 0 aromatic rings. The van der Waals surface area contributed by atoms with Crippen LogP contribution in [-0.2, 0) is 0 Å². The summed E-state index contributed by atoms with van der Waals surface area (Å²) in [6, 6.07) is 0. The quantitative estimate of drug-likeness (QED) is 0.586. The summed E-state index contributed by atoms with van der Waals surface area (Å²) in [7, 11) is 0. The Labute approximate surface area is 64.5 Å². The van der Waals surface area contributed by atoms with Crippen LogP contribution in [0.15, 0.2) is 11.8 Å². The van der Waals surface area contributed by atoms with Gasteiger partial charge in [-0.25, -0.2) is 9.80 Å². The van der Waals surface area contributed by atoms with Crippen molar-refractivity contribution in [3.63, 3.8) is 0 Å². The van der Waals surface area contributed by atoms with Gasteiger partial charge in [-0.15, -0.1) is 0 Å². The third-order valence-electron chi connectivity index (χ3n) is 2.01. The summed E-state index contributed by atoms with van der Waals surface area (Å²) in [5.74, 6) is 0.611. The molecule has 2 rings (SSSR count). The highest BCUT2D eigenvalue weighted by atomic mass is 16.4. The number of nitrogens with one attached hydrogen (secondary N) is 1. The Morgan fingerprint density at radius 3 is 2.91 bits per heavy atom. The van der Waals surface area contributed by atoms with Crippen molar-refractivity contribution in [3.05, 3.63) is 11.8 Å². The predicted octanol–water partition coefficient (Wildman–Crippen LogP) is 0.778. The topological polar surface area (TPSA) is 52.6 Å². The summed E-state index contributed by atoms with van der Waals surface area (Å²) in [5, 5.41) is 9.77. The van der Waals surface area contributed by atoms with Crippen LogP contribution in [0.5, 0.6) is 0 Å². The number of carbonyl (C=O) groups is 1. The number of carboxylic acid groups (broad SMARTS) is 1. The van der Waals surface area contributed by atoms with E-state index >= 15 is 0 Å². The zero-order chi connectivity index (χ0) is 7.84. The van der Waals surface area contributed by atoms with Crippen LogP contribution in [0.25, 0.3) is 0 Å². The molecule has 60 valence electrons. The molecule has 1 aliphatic carbocycles. The SMILES string of the molecule is O=C(O)N1CC=C(C2CC2)N1. The number of hydrogen-bond donors (Lipinski definition) is 2. The number of hydrazine groups is 1. The smallest absolute Gasteiger partial charge is 0.426 e. The van der Waals surface area contributed by atoms with Crippen LogP contribution in [-0.4, -0.2) is 22.8 Å². The molecule has 1 fully saturated rings. The lowest BCUT2D eigenvalue weighted by atomic mass is 10.3. The van der Waals surface area contributed by atoms with Gasteiger partial charge in [-0.05, 0) is 18.9 Å². The van der Waals surface area contributed by atoms with Gasteiger partial charge >= 0.3 is 6.09 Å². The molecule has 0 aromatic carbocycles. The maximum absolute atomic E-state index is 10.4. The van der Waals surface area contributed by atoms with Crippen LogP contribution in [0, 0.1) is 5.92 Å². The zero-order valence-corrected chi connectivity index (χ0v) is 6.08. The molecule has 1 saturated carbocycles. The van der Waals surface area contributed by atoms with Crippen molar-refractivity contribution in [1.82, 2.24) is 10.4 Å². The fourth-order valence-corrected chi connectivity index (χ4v) is 1.21. The Morgan fingerprint density at radius 1 is 1.73 bits per heavy atom. The molecule has 4 heteroatoms. The number of hydrogen-bond acceptors (Lipinski definition) is 2. The number of nitrogens with zero attached hydrogens (tertiary/aromatic N) is 1. The van der Waals surface area contributed by atoms with Crippen molar-refractivity contribution in [3.8, 4) is 0 Å². The first-order chi connectivity index (χ1) is 5.27. The summed E-state index contributed by atoms with van der Waals surface area (Å²) in [6.45, 7) is 0.487. The molecule has 0 unspecified atom stereocenters. The molecule has 0 spiro atoms. The van der Waals surface area contributed by atoms with E-state index in [2.05, 4.69) is 5.43 Å². The largest absolute Gasteiger partial charge is 0.464 e. The van der Waals surface area contributed by atoms with Gasteiger partial charge in [0.15, 0.2) is 0 Å². The monoisotopic (exact) mass is 154 g/mol. The maximum Gasteiger partial charge on any atom is 0.426 e. The molecule has 0 saturated heterocycles. The minimum atomic E-state index is -0.906. The van der Waals surface area contributed by atoms with Crippen molar-refractivity contribution in [1.29, 1.82) is 0 Å².